The number of nitrogens with one attached hydrogen (secondary N) is 1. The van der Waals surface area contributed by atoms with Gasteiger partial charge in [-0.1, -0.05) is 59.9 Å². The van der Waals surface area contributed by atoms with Crippen molar-refractivity contribution in [1.82, 2.24) is 14.8 Å². The van der Waals surface area contributed by atoms with E-state index >= 15 is 0 Å². The molecule has 5 rings (SSSR count). The summed E-state index contributed by atoms with van der Waals surface area (Å²) in [4.78, 5) is 29.8. The van der Waals surface area contributed by atoms with Gasteiger partial charge in [0.2, 0.25) is 5.91 Å². The number of nitrogens with zero attached hydrogens (tertiary/aromatic N) is 3. The van der Waals surface area contributed by atoms with Crippen LogP contribution in [0.2, 0.25) is 0 Å². The Morgan fingerprint density at radius 1 is 1.00 bits per heavy atom. The molecule has 0 bridgehead atoms. The van der Waals surface area contributed by atoms with Gasteiger partial charge in [-0.25, -0.2) is 9.67 Å². The summed E-state index contributed by atoms with van der Waals surface area (Å²) in [6.45, 7) is 1.66. The number of anilines is 1. The molecule has 0 aliphatic rings. The summed E-state index contributed by atoms with van der Waals surface area (Å²) in [5.74, 6) is -0.336. The van der Waals surface area contributed by atoms with Crippen molar-refractivity contribution < 1.29 is 4.79 Å². The zero-order valence-electron chi connectivity index (χ0n) is 15.5. The lowest BCUT2D eigenvalue weighted by Crippen LogP contribution is -2.30. The van der Waals surface area contributed by atoms with Crippen molar-refractivity contribution in [1.29, 1.82) is 0 Å². The summed E-state index contributed by atoms with van der Waals surface area (Å²) in [5.41, 5.74) is 1.29. The number of aryl methyl sites for hydroxylation is 1. The van der Waals surface area contributed by atoms with Crippen molar-refractivity contribution in [2.75, 3.05) is 5.32 Å². The molecule has 0 saturated heterocycles. The number of hydrogen-bond donors (Lipinski definition) is 1. The molecule has 29 heavy (non-hydrogen) atoms. The fraction of sp³-hybridized carbons (Fsp3) is 0.0909. The summed E-state index contributed by atoms with van der Waals surface area (Å²) in [5, 5.41) is 11.1. The topological polar surface area (TPSA) is 76.9 Å². The highest BCUT2D eigenvalue weighted by Crippen LogP contribution is 2.31. The lowest BCUT2D eigenvalue weighted by atomic mass is 10.1. The summed E-state index contributed by atoms with van der Waals surface area (Å²) in [7, 11) is 0. The van der Waals surface area contributed by atoms with Gasteiger partial charge in [-0.15, -0.1) is 0 Å². The molecular formula is C22H16N4O2S. The van der Waals surface area contributed by atoms with Gasteiger partial charge in [0.05, 0.1) is 21.3 Å². The molecule has 0 fully saturated rings. The van der Waals surface area contributed by atoms with Crippen LogP contribution in [0.1, 0.15) is 5.69 Å². The lowest BCUT2D eigenvalue weighted by molar-refractivity contribution is -0.117. The number of benzene rings is 3. The van der Waals surface area contributed by atoms with E-state index in [0.717, 1.165) is 26.4 Å². The van der Waals surface area contributed by atoms with Gasteiger partial charge in [-0.2, -0.15) is 5.10 Å². The molecule has 2 heterocycles. The Balaban J connectivity index is 1.45. The van der Waals surface area contributed by atoms with E-state index in [1.807, 2.05) is 55.5 Å². The van der Waals surface area contributed by atoms with Crippen LogP contribution in [-0.2, 0) is 11.3 Å². The number of fused-ring (bicyclic) bond motifs is 4. The van der Waals surface area contributed by atoms with Gasteiger partial charge in [-0.3, -0.25) is 9.59 Å². The van der Waals surface area contributed by atoms with Crippen LogP contribution in [0, 0.1) is 6.92 Å². The van der Waals surface area contributed by atoms with Crippen LogP contribution in [-0.4, -0.2) is 20.7 Å². The first kappa shape index (κ1) is 17.5. The van der Waals surface area contributed by atoms with Crippen molar-refractivity contribution in [2.24, 2.45) is 0 Å². The summed E-state index contributed by atoms with van der Waals surface area (Å²) >= 11 is 1.41. The molecule has 7 heteroatoms. The van der Waals surface area contributed by atoms with Crippen LogP contribution >= 0.6 is 11.3 Å². The van der Waals surface area contributed by atoms with E-state index < -0.39 is 0 Å². The van der Waals surface area contributed by atoms with Crippen LogP contribution in [0.25, 0.3) is 31.8 Å². The van der Waals surface area contributed by atoms with E-state index in [9.17, 15) is 9.59 Å². The Morgan fingerprint density at radius 2 is 1.72 bits per heavy atom. The molecule has 0 aliphatic carbocycles. The van der Waals surface area contributed by atoms with Gasteiger partial charge in [0.25, 0.3) is 5.56 Å². The molecule has 3 aromatic carbocycles. The van der Waals surface area contributed by atoms with Gasteiger partial charge in [0.1, 0.15) is 6.54 Å². The third-order valence-corrected chi connectivity index (χ3v) is 5.81. The van der Waals surface area contributed by atoms with E-state index in [4.69, 9.17) is 0 Å². The number of amides is 1. The average Bonchev–Trinajstić information content (AvgIpc) is 3.14. The van der Waals surface area contributed by atoms with Gasteiger partial charge < -0.3 is 5.32 Å². The fourth-order valence-electron chi connectivity index (χ4n) is 3.52. The molecule has 0 saturated carbocycles. The third kappa shape index (κ3) is 3.05. The Labute approximate surface area is 169 Å². The number of carbonyl (C=O) groups excluding carboxylic acids is 1. The number of carbonyl (C=O) groups is 1. The average molecular weight is 400 g/mol. The normalized spacial score (nSPS) is 11.3. The predicted octanol–water partition coefficient (Wildman–Crippen LogP) is 4.11. The predicted molar refractivity (Wildman–Crippen MR) is 116 cm³/mol. The number of hydrogen-bond acceptors (Lipinski definition) is 5. The summed E-state index contributed by atoms with van der Waals surface area (Å²) in [6.07, 6.45) is 0. The first-order chi connectivity index (χ1) is 14.1. The van der Waals surface area contributed by atoms with Gasteiger partial charge >= 0.3 is 0 Å². The lowest BCUT2D eigenvalue weighted by Gasteiger charge is -2.08. The van der Waals surface area contributed by atoms with Crippen molar-refractivity contribution in [3.63, 3.8) is 0 Å². The zero-order chi connectivity index (χ0) is 20.0. The SMILES string of the molecule is Cc1nn(CC(=O)Nc2nc3c(ccc4ccccc43)s2)c(=O)c2ccccc12. The Morgan fingerprint density at radius 3 is 2.55 bits per heavy atom. The minimum atomic E-state index is -0.336. The second-order valence-corrected chi connectivity index (χ2v) is 7.83. The largest absolute Gasteiger partial charge is 0.300 e. The summed E-state index contributed by atoms with van der Waals surface area (Å²) < 4.78 is 2.20. The van der Waals surface area contributed by atoms with E-state index in [-0.39, 0.29) is 18.0 Å². The molecule has 0 aliphatic heterocycles. The van der Waals surface area contributed by atoms with Crippen LogP contribution in [0.3, 0.4) is 0 Å². The summed E-state index contributed by atoms with van der Waals surface area (Å²) in [6, 6.07) is 19.3. The second-order valence-electron chi connectivity index (χ2n) is 6.79. The van der Waals surface area contributed by atoms with Crippen LogP contribution in [0.15, 0.2) is 65.5 Å². The number of rotatable bonds is 3. The monoisotopic (exact) mass is 400 g/mol. The Bertz CT molecular complexity index is 1470. The fourth-order valence-corrected chi connectivity index (χ4v) is 4.42. The smallest absolute Gasteiger partial charge is 0.275 e. The molecule has 2 aromatic heterocycles. The highest BCUT2D eigenvalue weighted by Gasteiger charge is 2.13. The van der Waals surface area contributed by atoms with Crippen LogP contribution in [0.5, 0.6) is 0 Å². The van der Waals surface area contributed by atoms with Crippen molar-refractivity contribution in [3.8, 4) is 0 Å². The molecule has 1 amide bonds. The van der Waals surface area contributed by atoms with E-state index in [1.54, 1.807) is 12.1 Å². The molecular weight excluding hydrogens is 384 g/mol. The minimum absolute atomic E-state index is 0.165. The molecule has 0 spiro atoms. The first-order valence-electron chi connectivity index (χ1n) is 9.15. The second kappa shape index (κ2) is 6.79. The van der Waals surface area contributed by atoms with Crippen molar-refractivity contribution in [2.45, 2.75) is 13.5 Å². The molecule has 0 atom stereocenters. The van der Waals surface area contributed by atoms with E-state index in [0.29, 0.717) is 16.2 Å². The van der Waals surface area contributed by atoms with E-state index in [1.165, 1.54) is 16.0 Å². The quantitative estimate of drug-likeness (QED) is 0.495. The maximum Gasteiger partial charge on any atom is 0.275 e. The Hall–Kier alpha value is -3.58. The maximum atomic E-state index is 12.7. The van der Waals surface area contributed by atoms with Gasteiger partial charge in [0.15, 0.2) is 5.13 Å². The molecule has 142 valence electrons. The maximum absolute atomic E-state index is 12.7. The molecule has 0 radical (unpaired) electrons. The number of thiazole rings is 1. The Kier molecular flexibility index (Phi) is 4.10. The molecule has 0 unspecified atom stereocenters. The standard InChI is InChI=1S/C22H16N4O2S/c1-13-15-7-4-5-9-17(15)21(28)26(25-13)12-19(27)23-22-24-20-16-8-3-2-6-14(16)10-11-18(20)29-22/h2-11H,12H2,1H3,(H,23,24,27). The highest BCUT2D eigenvalue weighted by molar-refractivity contribution is 7.22. The first-order valence-corrected chi connectivity index (χ1v) is 9.96. The molecule has 6 nitrogen and oxygen atoms in total. The highest BCUT2D eigenvalue weighted by atomic mass is 32.1. The molecule has 5 aromatic rings. The third-order valence-electron chi connectivity index (χ3n) is 4.88. The van der Waals surface area contributed by atoms with Crippen molar-refractivity contribution >= 4 is 54.1 Å². The van der Waals surface area contributed by atoms with Crippen LogP contribution in [0.4, 0.5) is 5.13 Å². The van der Waals surface area contributed by atoms with Crippen LogP contribution < -0.4 is 10.9 Å². The molecule has 1 N–H and O–H groups in total. The number of aromatic nitrogens is 3. The van der Waals surface area contributed by atoms with E-state index in [2.05, 4.69) is 15.4 Å². The minimum Gasteiger partial charge on any atom is -0.300 e. The van der Waals surface area contributed by atoms with Crippen molar-refractivity contribution in [3.05, 3.63) is 76.7 Å². The van der Waals surface area contributed by atoms with Gasteiger partial charge in [0, 0.05) is 10.8 Å². The van der Waals surface area contributed by atoms with Gasteiger partial charge in [-0.05, 0) is 24.4 Å². The zero-order valence-corrected chi connectivity index (χ0v) is 16.4.